The van der Waals surface area contributed by atoms with Crippen LogP contribution in [-0.2, 0) is 39.1 Å². The average Bonchev–Trinajstić information content (AvgIpc) is 4.01. The second kappa shape index (κ2) is 19.8. The van der Waals surface area contributed by atoms with E-state index in [0.717, 1.165) is 27.3 Å². The van der Waals surface area contributed by atoms with E-state index in [2.05, 4.69) is 30.7 Å². The minimum absolute atomic E-state index is 0.0245. The lowest BCUT2D eigenvalue weighted by molar-refractivity contribution is -0.144. The number of nitrogens with one attached hydrogen (secondary N) is 2. The van der Waals surface area contributed by atoms with E-state index in [9.17, 15) is 29.1 Å². The third-order valence-corrected chi connectivity index (χ3v) is 11.7. The zero-order valence-corrected chi connectivity index (χ0v) is 37.0. The highest BCUT2D eigenvalue weighted by atomic mass is 32.1. The molecule has 0 radical (unpaired) electrons. The number of fused-ring (bicyclic) bond motifs is 1. The van der Waals surface area contributed by atoms with Gasteiger partial charge in [0.2, 0.25) is 23.6 Å². The van der Waals surface area contributed by atoms with Crippen molar-refractivity contribution in [2.24, 2.45) is 12.5 Å². The Morgan fingerprint density at radius 1 is 0.984 bits per heavy atom. The number of oxazole rings is 1. The highest BCUT2D eigenvalue weighted by Crippen LogP contribution is 2.29. The van der Waals surface area contributed by atoms with E-state index in [1.807, 2.05) is 52.0 Å². The van der Waals surface area contributed by atoms with Gasteiger partial charge in [-0.1, -0.05) is 51.1 Å². The third kappa shape index (κ3) is 11.1. The van der Waals surface area contributed by atoms with Crippen LogP contribution in [0, 0.1) is 12.3 Å². The molecule has 0 saturated carbocycles. The van der Waals surface area contributed by atoms with Gasteiger partial charge >= 0.3 is 0 Å². The van der Waals surface area contributed by atoms with Crippen LogP contribution in [0.5, 0.6) is 5.75 Å². The molecular formula is C46H50N8O9S. The SMILES string of the molecule is Cc1ncsc1-c1ccc(CNC(=O)[C@@H]2C[C@@H](O)CN2C(=O)[C@@H](NC(=O)CCOCCOc2ccc(C(=O)Cc3ccc4oc(-c5ccc(=O)n(C)n5)nc4c3)nc2)C(C)(C)C)cc1. The van der Waals surface area contributed by atoms with Gasteiger partial charge in [0.15, 0.2) is 11.4 Å². The number of hydrogen-bond donors (Lipinski definition) is 3. The molecule has 334 valence electrons. The summed E-state index contributed by atoms with van der Waals surface area (Å²) in [5, 5.41) is 20.5. The number of ketones is 1. The number of pyridine rings is 1. The molecule has 3 N–H and O–H groups in total. The minimum Gasteiger partial charge on any atom is -0.490 e. The number of carbonyl (C=O) groups excluding carboxylic acids is 4. The highest BCUT2D eigenvalue weighted by molar-refractivity contribution is 7.13. The fourth-order valence-corrected chi connectivity index (χ4v) is 8.03. The Morgan fingerprint density at radius 3 is 2.47 bits per heavy atom. The zero-order valence-electron chi connectivity index (χ0n) is 36.2. The van der Waals surface area contributed by atoms with Crippen molar-refractivity contribution in [3.63, 3.8) is 0 Å². The van der Waals surface area contributed by atoms with E-state index in [1.54, 1.807) is 54.2 Å². The molecule has 7 rings (SSSR count). The van der Waals surface area contributed by atoms with Gasteiger partial charge < -0.3 is 34.5 Å². The second-order valence-electron chi connectivity index (χ2n) is 16.6. The lowest BCUT2D eigenvalue weighted by Crippen LogP contribution is -2.57. The average molecular weight is 891 g/mol. The standard InChI is InChI=1S/C46H50N8O9S/c1-27-41(64-26-49-27)30-9-6-28(7-10-30)23-48-43(59)36-22-31(55)25-54(36)45(60)42(46(2,3)4)51-39(57)16-17-61-18-19-62-32-11-12-33(47-24-32)37(56)21-29-8-14-38-35(20-29)50-44(63-38)34-13-15-40(58)53(5)52-34/h6-15,20,24,26,31,36,42,55H,16-19,21-23,25H2,1-5H3,(H,48,59)(H,51,57)/t31-,36+,42-/m1/s1. The molecule has 17 nitrogen and oxygen atoms in total. The molecule has 0 unspecified atom stereocenters. The number of benzene rings is 2. The number of hydrogen-bond acceptors (Lipinski definition) is 14. The van der Waals surface area contributed by atoms with E-state index in [0.29, 0.717) is 22.5 Å². The van der Waals surface area contributed by atoms with E-state index in [1.165, 1.54) is 27.9 Å². The predicted octanol–water partition coefficient (Wildman–Crippen LogP) is 4.44. The van der Waals surface area contributed by atoms with Crippen molar-refractivity contribution in [2.75, 3.05) is 26.4 Å². The van der Waals surface area contributed by atoms with Crippen LogP contribution < -0.4 is 20.9 Å². The van der Waals surface area contributed by atoms with Crippen LogP contribution in [0.15, 0.2) is 87.6 Å². The molecule has 0 spiro atoms. The first-order valence-electron chi connectivity index (χ1n) is 20.8. The molecule has 3 amide bonds. The summed E-state index contributed by atoms with van der Waals surface area (Å²) < 4.78 is 18.3. The Bertz CT molecular complexity index is 2690. The summed E-state index contributed by atoms with van der Waals surface area (Å²) >= 11 is 1.57. The van der Waals surface area contributed by atoms with Gasteiger partial charge in [-0.05, 0) is 59.4 Å². The van der Waals surface area contributed by atoms with Crippen LogP contribution in [0.2, 0.25) is 0 Å². The van der Waals surface area contributed by atoms with Gasteiger partial charge in [0.25, 0.3) is 5.56 Å². The molecule has 5 heterocycles. The molecule has 2 aromatic carbocycles. The van der Waals surface area contributed by atoms with Crippen LogP contribution >= 0.6 is 11.3 Å². The van der Waals surface area contributed by atoms with Crippen LogP contribution in [0.3, 0.4) is 0 Å². The second-order valence-corrected chi connectivity index (χ2v) is 17.5. The maximum atomic E-state index is 14.0. The molecule has 1 fully saturated rings. The largest absolute Gasteiger partial charge is 0.490 e. The number of aromatic nitrogens is 5. The number of likely N-dealkylation sites (tertiary alicyclic amines) is 1. The normalized spacial score (nSPS) is 15.6. The van der Waals surface area contributed by atoms with Gasteiger partial charge in [-0.2, -0.15) is 5.10 Å². The highest BCUT2D eigenvalue weighted by Gasteiger charge is 2.44. The Kier molecular flexibility index (Phi) is 14.1. The van der Waals surface area contributed by atoms with Crippen LogP contribution in [-0.4, -0.2) is 103 Å². The molecule has 1 aliphatic rings. The lowest BCUT2D eigenvalue weighted by atomic mass is 9.85. The van der Waals surface area contributed by atoms with Crippen LogP contribution in [0.25, 0.3) is 33.1 Å². The number of aliphatic hydroxyl groups is 1. The summed E-state index contributed by atoms with van der Waals surface area (Å²) in [6.45, 7) is 8.05. The first-order chi connectivity index (χ1) is 30.6. The van der Waals surface area contributed by atoms with Gasteiger partial charge in [0.1, 0.15) is 41.3 Å². The topological polar surface area (TPSA) is 221 Å². The molecule has 4 aromatic heterocycles. The maximum absolute atomic E-state index is 14.0. The minimum atomic E-state index is -0.961. The van der Waals surface area contributed by atoms with Crippen molar-refractivity contribution in [2.45, 2.75) is 71.7 Å². The number of ether oxygens (including phenoxy) is 2. The van der Waals surface area contributed by atoms with Crippen LogP contribution in [0.1, 0.15) is 60.9 Å². The van der Waals surface area contributed by atoms with Crippen molar-refractivity contribution < 1.29 is 38.2 Å². The number of aliphatic hydroxyl groups excluding tert-OH is 1. The summed E-state index contributed by atoms with van der Waals surface area (Å²) in [6, 6.07) is 17.4. The van der Waals surface area contributed by atoms with Gasteiger partial charge in [0.05, 0.1) is 41.6 Å². The summed E-state index contributed by atoms with van der Waals surface area (Å²) in [6.07, 6.45) is 0.719. The van der Waals surface area contributed by atoms with Crippen molar-refractivity contribution >= 4 is 45.9 Å². The molecule has 18 heteroatoms. The van der Waals surface area contributed by atoms with Crippen LogP contribution in [0.4, 0.5) is 0 Å². The fourth-order valence-electron chi connectivity index (χ4n) is 7.21. The number of thiazole rings is 1. The number of aryl methyl sites for hydroxylation is 2. The smallest absolute Gasteiger partial charge is 0.266 e. The summed E-state index contributed by atoms with van der Waals surface area (Å²) in [5.41, 5.74) is 6.19. The quantitative estimate of drug-likeness (QED) is 0.0853. The molecule has 3 atom stereocenters. The van der Waals surface area contributed by atoms with Crippen molar-refractivity contribution in [3.05, 3.63) is 111 Å². The van der Waals surface area contributed by atoms with E-state index >= 15 is 0 Å². The first-order valence-corrected chi connectivity index (χ1v) is 21.7. The number of rotatable bonds is 17. The fraction of sp³-hybridized carbons (Fsp3) is 0.370. The lowest BCUT2D eigenvalue weighted by Gasteiger charge is -2.35. The Balaban J connectivity index is 0.830. The molecule has 1 saturated heterocycles. The first kappa shape index (κ1) is 45.4. The molecule has 6 aromatic rings. The number of carbonyl (C=O) groups is 4. The Morgan fingerprint density at radius 2 is 1.77 bits per heavy atom. The number of nitrogens with zero attached hydrogens (tertiary/aromatic N) is 6. The van der Waals surface area contributed by atoms with E-state index in [-0.39, 0.29) is 81.0 Å². The monoisotopic (exact) mass is 890 g/mol. The van der Waals surface area contributed by atoms with E-state index < -0.39 is 35.4 Å². The van der Waals surface area contributed by atoms with Gasteiger partial charge in [-0.3, -0.25) is 24.0 Å². The van der Waals surface area contributed by atoms with Crippen molar-refractivity contribution in [1.29, 1.82) is 0 Å². The predicted molar refractivity (Wildman–Crippen MR) is 237 cm³/mol. The van der Waals surface area contributed by atoms with Gasteiger partial charge in [0, 0.05) is 45.5 Å². The zero-order chi connectivity index (χ0) is 45.5. The number of β-amino-alcohol motifs (C(OH)–C–C–N with tert-alkyl or cyclic N) is 1. The van der Waals surface area contributed by atoms with Crippen molar-refractivity contribution in [3.8, 4) is 27.8 Å². The third-order valence-electron chi connectivity index (χ3n) is 10.7. The summed E-state index contributed by atoms with van der Waals surface area (Å²) in [5.74, 6) is -0.738. The molecule has 1 aliphatic heterocycles. The maximum Gasteiger partial charge on any atom is 0.266 e. The van der Waals surface area contributed by atoms with Crippen molar-refractivity contribution in [1.82, 2.24) is 40.3 Å². The number of Topliss-reactive ketones (excluding diaryl/α,β-unsaturated/α-hetero) is 1. The Labute approximate surface area is 372 Å². The summed E-state index contributed by atoms with van der Waals surface area (Å²) in [7, 11) is 1.54. The van der Waals surface area contributed by atoms with Gasteiger partial charge in [-0.15, -0.1) is 11.3 Å². The Hall–Kier alpha value is -6.63. The number of amides is 3. The molecular weight excluding hydrogens is 841 g/mol. The van der Waals surface area contributed by atoms with E-state index in [4.69, 9.17) is 13.9 Å². The molecule has 64 heavy (non-hydrogen) atoms. The molecule has 0 bridgehead atoms. The van der Waals surface area contributed by atoms with Gasteiger partial charge in [-0.25, -0.2) is 19.6 Å². The molecule has 0 aliphatic carbocycles. The summed E-state index contributed by atoms with van der Waals surface area (Å²) in [4.78, 5) is 80.7.